The Bertz CT molecular complexity index is 704. The van der Waals surface area contributed by atoms with Crippen LogP contribution < -0.4 is 5.32 Å². The Morgan fingerprint density at radius 2 is 2.05 bits per heavy atom. The summed E-state index contributed by atoms with van der Waals surface area (Å²) in [7, 11) is 1.95. The van der Waals surface area contributed by atoms with Crippen LogP contribution in [0.1, 0.15) is 29.2 Å². The molecule has 0 aliphatic rings. The van der Waals surface area contributed by atoms with Gasteiger partial charge < -0.3 is 5.32 Å². The second kappa shape index (κ2) is 6.15. The number of hydrogen-bond acceptors (Lipinski definition) is 5. The van der Waals surface area contributed by atoms with Crippen LogP contribution in [0.2, 0.25) is 0 Å². The van der Waals surface area contributed by atoms with Gasteiger partial charge >= 0.3 is 0 Å². The van der Waals surface area contributed by atoms with Gasteiger partial charge in [0.05, 0.1) is 28.0 Å². The highest BCUT2D eigenvalue weighted by Gasteiger charge is 2.22. The first-order valence-corrected chi connectivity index (χ1v) is 7.70. The Hall–Kier alpha value is -2.05. The van der Waals surface area contributed by atoms with Gasteiger partial charge in [-0.05, 0) is 43.2 Å². The Morgan fingerprint density at radius 1 is 1.24 bits per heavy atom. The van der Waals surface area contributed by atoms with Crippen molar-refractivity contribution in [2.24, 2.45) is 0 Å². The quantitative estimate of drug-likeness (QED) is 0.787. The molecule has 0 bridgehead atoms. The smallest absolute Gasteiger partial charge is 0.0879 e. The van der Waals surface area contributed by atoms with Crippen molar-refractivity contribution in [3.63, 3.8) is 0 Å². The fourth-order valence-electron chi connectivity index (χ4n) is 2.41. The van der Waals surface area contributed by atoms with Crippen molar-refractivity contribution >= 4 is 11.5 Å². The van der Waals surface area contributed by atoms with Gasteiger partial charge in [-0.25, -0.2) is 4.68 Å². The first-order chi connectivity index (χ1) is 10.3. The Labute approximate surface area is 127 Å². The van der Waals surface area contributed by atoms with Gasteiger partial charge in [-0.2, -0.15) is 5.10 Å². The van der Waals surface area contributed by atoms with E-state index in [1.165, 1.54) is 11.5 Å². The summed E-state index contributed by atoms with van der Waals surface area (Å²) in [5.41, 5.74) is 3.18. The van der Waals surface area contributed by atoms with Crippen molar-refractivity contribution in [3.8, 4) is 5.69 Å². The van der Waals surface area contributed by atoms with E-state index in [0.717, 1.165) is 28.4 Å². The number of benzene rings is 1. The zero-order chi connectivity index (χ0) is 14.7. The summed E-state index contributed by atoms with van der Waals surface area (Å²) in [6.07, 6.45) is 2.70. The molecule has 0 amide bonds. The second-order valence-corrected chi connectivity index (χ2v) is 5.45. The van der Waals surface area contributed by atoms with Gasteiger partial charge in [0, 0.05) is 6.20 Å². The van der Waals surface area contributed by atoms with Crippen LogP contribution in [0.5, 0.6) is 0 Å². The summed E-state index contributed by atoms with van der Waals surface area (Å²) >= 11 is 1.44. The number of hydrogen-bond donors (Lipinski definition) is 1. The summed E-state index contributed by atoms with van der Waals surface area (Å²) in [6, 6.07) is 12.2. The molecule has 0 aliphatic carbocycles. The van der Waals surface area contributed by atoms with E-state index in [-0.39, 0.29) is 6.04 Å². The number of para-hydroxylation sites is 1. The number of aromatic nitrogens is 4. The fourth-order valence-corrected chi connectivity index (χ4v) is 3.27. The van der Waals surface area contributed by atoms with Crippen molar-refractivity contribution in [2.45, 2.75) is 19.4 Å². The van der Waals surface area contributed by atoms with Crippen LogP contribution in [0.25, 0.3) is 5.69 Å². The monoisotopic (exact) mass is 299 g/mol. The van der Waals surface area contributed by atoms with Gasteiger partial charge in [-0.15, -0.1) is 5.10 Å². The summed E-state index contributed by atoms with van der Waals surface area (Å²) < 4.78 is 6.05. The standard InChI is InChI=1S/C15H17N5S/c1-3-12-15(21-19-18-12)14(16-2)13-9-10-17-20(13)11-7-5-4-6-8-11/h4-10,14,16H,3H2,1-2H3. The molecular weight excluding hydrogens is 282 g/mol. The number of rotatable bonds is 5. The predicted octanol–water partition coefficient (Wildman–Crippen LogP) is 2.60. The maximum absolute atomic E-state index is 4.46. The maximum atomic E-state index is 4.46. The zero-order valence-electron chi connectivity index (χ0n) is 12.0. The van der Waals surface area contributed by atoms with Crippen LogP contribution in [0.3, 0.4) is 0 Å². The van der Waals surface area contributed by atoms with Gasteiger partial charge in [0.25, 0.3) is 0 Å². The van der Waals surface area contributed by atoms with E-state index >= 15 is 0 Å². The van der Waals surface area contributed by atoms with E-state index in [1.54, 1.807) is 0 Å². The highest BCUT2D eigenvalue weighted by Crippen LogP contribution is 2.28. The molecule has 0 spiro atoms. The lowest BCUT2D eigenvalue weighted by molar-refractivity contribution is 0.639. The molecule has 21 heavy (non-hydrogen) atoms. The Kier molecular flexibility index (Phi) is 4.08. The zero-order valence-corrected chi connectivity index (χ0v) is 12.8. The lowest BCUT2D eigenvalue weighted by Gasteiger charge is -2.17. The van der Waals surface area contributed by atoms with Crippen LogP contribution in [-0.4, -0.2) is 26.4 Å². The molecule has 3 rings (SSSR count). The molecule has 108 valence electrons. The fraction of sp³-hybridized carbons (Fsp3) is 0.267. The molecule has 5 nitrogen and oxygen atoms in total. The number of nitrogens with one attached hydrogen (secondary N) is 1. The van der Waals surface area contributed by atoms with Crippen LogP contribution in [0.4, 0.5) is 0 Å². The van der Waals surface area contributed by atoms with E-state index in [0.29, 0.717) is 0 Å². The van der Waals surface area contributed by atoms with Crippen molar-refractivity contribution in [1.29, 1.82) is 0 Å². The molecule has 2 aromatic heterocycles. The summed E-state index contributed by atoms with van der Waals surface area (Å²) in [5.74, 6) is 0. The summed E-state index contributed by atoms with van der Waals surface area (Å²) in [4.78, 5) is 1.15. The molecule has 0 saturated carbocycles. The van der Waals surface area contributed by atoms with Gasteiger partial charge in [-0.3, -0.25) is 0 Å². The number of nitrogens with zero attached hydrogens (tertiary/aromatic N) is 4. The van der Waals surface area contributed by atoms with Crippen molar-refractivity contribution in [2.75, 3.05) is 7.05 Å². The molecule has 2 heterocycles. The highest BCUT2D eigenvalue weighted by molar-refractivity contribution is 7.05. The van der Waals surface area contributed by atoms with Gasteiger partial charge in [-0.1, -0.05) is 29.6 Å². The molecule has 1 N–H and O–H groups in total. The van der Waals surface area contributed by atoms with Gasteiger partial charge in [0.2, 0.25) is 0 Å². The van der Waals surface area contributed by atoms with E-state index < -0.39 is 0 Å². The number of aryl methyl sites for hydroxylation is 1. The molecule has 0 saturated heterocycles. The lowest BCUT2D eigenvalue weighted by Crippen LogP contribution is -2.21. The molecule has 1 aromatic carbocycles. The Balaban J connectivity index is 2.05. The third-order valence-corrected chi connectivity index (χ3v) is 4.27. The first-order valence-electron chi connectivity index (χ1n) is 6.93. The normalized spacial score (nSPS) is 12.5. The molecular formula is C15H17N5S. The van der Waals surface area contributed by atoms with E-state index in [4.69, 9.17) is 0 Å². The summed E-state index contributed by atoms with van der Waals surface area (Å²) in [6.45, 7) is 2.10. The van der Waals surface area contributed by atoms with Crippen LogP contribution in [0.15, 0.2) is 42.6 Å². The van der Waals surface area contributed by atoms with E-state index in [1.807, 2.05) is 42.2 Å². The predicted molar refractivity (Wildman–Crippen MR) is 83.8 cm³/mol. The highest BCUT2D eigenvalue weighted by atomic mass is 32.1. The van der Waals surface area contributed by atoms with Crippen molar-refractivity contribution < 1.29 is 0 Å². The molecule has 0 fully saturated rings. The SMILES string of the molecule is CCc1nnsc1C(NC)c1ccnn1-c1ccccc1. The lowest BCUT2D eigenvalue weighted by atomic mass is 10.1. The average molecular weight is 299 g/mol. The molecule has 1 atom stereocenters. The molecule has 1 unspecified atom stereocenters. The topological polar surface area (TPSA) is 55.6 Å². The van der Waals surface area contributed by atoms with Gasteiger partial charge in [0.15, 0.2) is 0 Å². The van der Waals surface area contributed by atoms with Gasteiger partial charge in [0.1, 0.15) is 0 Å². The van der Waals surface area contributed by atoms with Crippen LogP contribution >= 0.6 is 11.5 Å². The average Bonchev–Trinajstić information content (AvgIpc) is 3.18. The molecule has 0 radical (unpaired) electrons. The minimum absolute atomic E-state index is 0.0441. The summed E-state index contributed by atoms with van der Waals surface area (Å²) in [5, 5.41) is 12.0. The first kappa shape index (κ1) is 13.9. The second-order valence-electron chi connectivity index (χ2n) is 4.66. The van der Waals surface area contributed by atoms with E-state index in [9.17, 15) is 0 Å². The van der Waals surface area contributed by atoms with E-state index in [2.05, 4.69) is 39.1 Å². The molecule has 3 aromatic rings. The largest absolute Gasteiger partial charge is 0.307 e. The Morgan fingerprint density at radius 3 is 2.76 bits per heavy atom. The third-order valence-electron chi connectivity index (χ3n) is 3.44. The molecule has 0 aliphatic heterocycles. The molecule has 6 heteroatoms. The minimum Gasteiger partial charge on any atom is -0.307 e. The van der Waals surface area contributed by atoms with Crippen molar-refractivity contribution in [3.05, 3.63) is 58.9 Å². The van der Waals surface area contributed by atoms with Crippen LogP contribution in [-0.2, 0) is 6.42 Å². The van der Waals surface area contributed by atoms with Crippen LogP contribution in [0, 0.1) is 0 Å². The minimum atomic E-state index is 0.0441. The third kappa shape index (κ3) is 2.59. The maximum Gasteiger partial charge on any atom is 0.0879 e. The van der Waals surface area contributed by atoms with Crippen molar-refractivity contribution in [1.82, 2.24) is 24.7 Å².